The predicted octanol–water partition coefficient (Wildman–Crippen LogP) is 3.14. The molecule has 1 atom stereocenters. The third-order valence-electron chi connectivity index (χ3n) is 5.57. The van der Waals surface area contributed by atoms with Gasteiger partial charge in [0.15, 0.2) is 0 Å². The van der Waals surface area contributed by atoms with Crippen molar-refractivity contribution >= 4 is 41.5 Å². The monoisotopic (exact) mass is 449 g/mol. The van der Waals surface area contributed by atoms with Gasteiger partial charge in [0.25, 0.3) is 5.91 Å². The van der Waals surface area contributed by atoms with Crippen LogP contribution in [0.15, 0.2) is 42.5 Å². The van der Waals surface area contributed by atoms with Gasteiger partial charge in [-0.05, 0) is 47.9 Å². The summed E-state index contributed by atoms with van der Waals surface area (Å²) in [5, 5.41) is 13.9. The Morgan fingerprint density at radius 2 is 1.87 bits per heavy atom. The molecule has 4 rings (SSSR count). The topological polar surface area (TPSA) is 72.9 Å². The molecule has 0 aromatic heterocycles. The molecule has 2 aromatic rings. The van der Waals surface area contributed by atoms with Gasteiger partial charge in [0.05, 0.1) is 6.10 Å². The number of hydrogen-bond donors (Lipinski definition) is 2. The second-order valence-corrected chi connectivity index (χ2v) is 8.02. The number of fused-ring (bicyclic) bond motifs is 1. The molecule has 2 heterocycles. The lowest BCUT2D eigenvalue weighted by molar-refractivity contribution is -0.116. The van der Waals surface area contributed by atoms with E-state index in [1.807, 2.05) is 29.2 Å². The summed E-state index contributed by atoms with van der Waals surface area (Å²) in [5.74, 6) is 0.0346. The molecule has 0 radical (unpaired) electrons. The van der Waals surface area contributed by atoms with E-state index in [0.29, 0.717) is 56.2 Å². The molecule has 2 N–H and O–H groups in total. The molecule has 2 aliphatic rings. The van der Waals surface area contributed by atoms with Crippen LogP contribution < -0.4 is 5.32 Å². The van der Waals surface area contributed by atoms with E-state index in [2.05, 4.69) is 10.2 Å². The van der Waals surface area contributed by atoms with E-state index < -0.39 is 6.10 Å². The van der Waals surface area contributed by atoms with Gasteiger partial charge >= 0.3 is 0 Å². The number of anilines is 1. The zero-order valence-electron chi connectivity index (χ0n) is 16.5. The minimum atomic E-state index is -0.605. The van der Waals surface area contributed by atoms with E-state index in [9.17, 15) is 14.7 Å². The van der Waals surface area contributed by atoms with Gasteiger partial charge in [-0.15, -0.1) is 12.4 Å². The number of halogens is 2. The van der Waals surface area contributed by atoms with E-state index in [1.165, 1.54) is 0 Å². The summed E-state index contributed by atoms with van der Waals surface area (Å²) in [6, 6.07) is 12.8. The van der Waals surface area contributed by atoms with E-state index in [4.69, 9.17) is 11.6 Å². The Morgan fingerprint density at radius 1 is 1.10 bits per heavy atom. The summed E-state index contributed by atoms with van der Waals surface area (Å²) in [7, 11) is 0. The van der Waals surface area contributed by atoms with Crippen molar-refractivity contribution in [3.63, 3.8) is 0 Å². The summed E-state index contributed by atoms with van der Waals surface area (Å²) >= 11 is 6.01. The summed E-state index contributed by atoms with van der Waals surface area (Å²) < 4.78 is 0. The van der Waals surface area contributed by atoms with Crippen LogP contribution in [-0.2, 0) is 11.2 Å². The van der Waals surface area contributed by atoms with Gasteiger partial charge in [0.1, 0.15) is 0 Å². The highest BCUT2D eigenvalue weighted by Crippen LogP contribution is 2.25. The van der Waals surface area contributed by atoms with Crippen molar-refractivity contribution < 1.29 is 14.7 Å². The van der Waals surface area contributed by atoms with Crippen LogP contribution in [0.2, 0.25) is 5.02 Å². The predicted molar refractivity (Wildman–Crippen MR) is 119 cm³/mol. The zero-order valence-corrected chi connectivity index (χ0v) is 18.1. The molecule has 0 saturated carbocycles. The molecule has 1 unspecified atom stereocenters. The molecule has 2 aromatic carbocycles. The van der Waals surface area contributed by atoms with Crippen molar-refractivity contribution in [2.45, 2.75) is 18.9 Å². The van der Waals surface area contributed by atoms with Crippen LogP contribution in [0.25, 0.3) is 0 Å². The van der Waals surface area contributed by atoms with Crippen molar-refractivity contribution in [3.8, 4) is 0 Å². The van der Waals surface area contributed by atoms with Crippen LogP contribution >= 0.6 is 24.0 Å². The Labute approximate surface area is 187 Å². The number of carbonyl (C=O) groups excluding carboxylic acids is 2. The number of rotatable bonds is 4. The maximum absolute atomic E-state index is 12.9. The molecule has 0 spiro atoms. The lowest BCUT2D eigenvalue weighted by Crippen LogP contribution is -2.49. The van der Waals surface area contributed by atoms with E-state index in [0.717, 1.165) is 16.8 Å². The minimum absolute atomic E-state index is 0. The fraction of sp³-hybridized carbons (Fsp3) is 0.364. The number of benzene rings is 2. The van der Waals surface area contributed by atoms with Crippen molar-refractivity contribution in [2.24, 2.45) is 0 Å². The summed E-state index contributed by atoms with van der Waals surface area (Å²) in [4.78, 5) is 28.4. The first-order valence-corrected chi connectivity index (χ1v) is 10.3. The highest BCUT2D eigenvalue weighted by atomic mass is 35.5. The average molecular weight is 450 g/mol. The lowest BCUT2D eigenvalue weighted by atomic mass is 10.00. The van der Waals surface area contributed by atoms with Crippen molar-refractivity contribution in [1.29, 1.82) is 0 Å². The number of piperazine rings is 1. The lowest BCUT2D eigenvalue weighted by Gasteiger charge is -2.35. The van der Waals surface area contributed by atoms with Crippen LogP contribution in [0.3, 0.4) is 0 Å². The van der Waals surface area contributed by atoms with Crippen LogP contribution in [0.1, 0.15) is 34.0 Å². The van der Waals surface area contributed by atoms with Crippen molar-refractivity contribution in [1.82, 2.24) is 9.80 Å². The molecule has 30 heavy (non-hydrogen) atoms. The minimum Gasteiger partial charge on any atom is -0.387 e. The number of nitrogens with zero attached hydrogens (tertiary/aromatic N) is 2. The van der Waals surface area contributed by atoms with Crippen LogP contribution in [0.4, 0.5) is 5.69 Å². The van der Waals surface area contributed by atoms with E-state index >= 15 is 0 Å². The highest BCUT2D eigenvalue weighted by Gasteiger charge is 2.25. The first-order chi connectivity index (χ1) is 14.0. The van der Waals surface area contributed by atoms with Crippen LogP contribution in [0, 0.1) is 0 Å². The molecule has 8 heteroatoms. The number of β-amino-alcohol motifs (C(OH)–C–C–N with tert-alkyl or cyclic N) is 1. The summed E-state index contributed by atoms with van der Waals surface area (Å²) in [5.41, 5.74) is 3.28. The number of hydrogen-bond acceptors (Lipinski definition) is 4. The third-order valence-corrected chi connectivity index (χ3v) is 5.81. The van der Waals surface area contributed by atoms with Gasteiger partial charge in [-0.3, -0.25) is 14.5 Å². The fourth-order valence-electron chi connectivity index (χ4n) is 3.90. The molecule has 2 aliphatic heterocycles. The van der Waals surface area contributed by atoms with Gasteiger partial charge in [-0.1, -0.05) is 23.7 Å². The number of aryl methyl sites for hydroxylation is 1. The second kappa shape index (κ2) is 9.79. The van der Waals surface area contributed by atoms with Crippen molar-refractivity contribution in [3.05, 3.63) is 64.2 Å². The Morgan fingerprint density at radius 3 is 2.60 bits per heavy atom. The van der Waals surface area contributed by atoms with Crippen LogP contribution in [-0.4, -0.2) is 59.4 Å². The summed E-state index contributed by atoms with van der Waals surface area (Å²) in [6.07, 6.45) is 0.516. The fourth-order valence-corrected chi connectivity index (χ4v) is 4.10. The maximum Gasteiger partial charge on any atom is 0.253 e. The molecule has 0 bridgehead atoms. The molecule has 160 valence electrons. The largest absolute Gasteiger partial charge is 0.387 e. The maximum atomic E-state index is 12.9. The molecule has 1 fully saturated rings. The van der Waals surface area contributed by atoms with Crippen LogP contribution in [0.5, 0.6) is 0 Å². The Hall–Kier alpha value is -2.12. The molecule has 1 saturated heterocycles. The second-order valence-electron chi connectivity index (χ2n) is 7.58. The Bertz CT molecular complexity index is 930. The van der Waals surface area contributed by atoms with Gasteiger partial charge in [-0.25, -0.2) is 0 Å². The number of carbonyl (C=O) groups is 2. The van der Waals surface area contributed by atoms with E-state index in [1.54, 1.807) is 18.2 Å². The quantitative estimate of drug-likeness (QED) is 0.751. The first kappa shape index (κ1) is 22.6. The molecule has 2 amide bonds. The molecule has 0 aliphatic carbocycles. The molecular formula is C22H25Cl2N3O3. The normalized spacial score (nSPS) is 17.5. The average Bonchev–Trinajstić information content (AvgIpc) is 2.73. The first-order valence-electron chi connectivity index (χ1n) is 9.87. The Kier molecular flexibility index (Phi) is 7.36. The number of aliphatic hydroxyl groups excluding tert-OH is 1. The molecular weight excluding hydrogens is 425 g/mol. The van der Waals surface area contributed by atoms with Crippen molar-refractivity contribution in [2.75, 3.05) is 38.0 Å². The van der Waals surface area contributed by atoms with Gasteiger partial charge in [-0.2, -0.15) is 0 Å². The SMILES string of the molecule is Cl.O=C1CCc2cc(C(=O)N3CCN(CC(O)c4cccc(Cl)c4)CC3)ccc2N1. The van der Waals surface area contributed by atoms with Gasteiger partial charge < -0.3 is 15.3 Å². The Balaban J connectivity index is 0.00000256. The number of aliphatic hydroxyl groups is 1. The summed E-state index contributed by atoms with van der Waals surface area (Å²) in [6.45, 7) is 3.18. The molecule has 6 nitrogen and oxygen atoms in total. The number of amides is 2. The standard InChI is InChI=1S/C22H24ClN3O3.ClH/c23-18-3-1-2-16(13-18)20(27)14-25-8-10-26(11-9-25)22(29)17-4-6-19-15(12-17)5-7-21(28)24-19;/h1-4,6,12-13,20,27H,5,7-11,14H2,(H,24,28);1H. The smallest absolute Gasteiger partial charge is 0.253 e. The number of nitrogens with one attached hydrogen (secondary N) is 1. The highest BCUT2D eigenvalue weighted by molar-refractivity contribution is 6.30. The zero-order chi connectivity index (χ0) is 20.4. The van der Waals surface area contributed by atoms with Gasteiger partial charge in [0, 0.05) is 55.4 Å². The van der Waals surface area contributed by atoms with E-state index in [-0.39, 0.29) is 24.2 Å². The van der Waals surface area contributed by atoms with Gasteiger partial charge in [0.2, 0.25) is 5.91 Å². The third kappa shape index (κ3) is 5.13.